The van der Waals surface area contributed by atoms with Crippen molar-refractivity contribution < 1.29 is 0 Å². The molecule has 2 N–H and O–H groups in total. The summed E-state index contributed by atoms with van der Waals surface area (Å²) in [6.07, 6.45) is 14.8. The third-order valence-corrected chi connectivity index (χ3v) is 9.30. The highest BCUT2D eigenvalue weighted by atomic mass is 35.5. The first kappa shape index (κ1) is 27.4. The second-order valence-corrected chi connectivity index (χ2v) is 12.3. The van der Waals surface area contributed by atoms with Crippen molar-refractivity contribution >= 4 is 46.5 Å². The zero-order chi connectivity index (χ0) is 26.4. The number of hydrogen-bond acceptors (Lipinski definition) is 5. The van der Waals surface area contributed by atoms with E-state index in [2.05, 4.69) is 45.6 Å². The lowest BCUT2D eigenvalue weighted by Crippen LogP contribution is -2.43. The minimum atomic E-state index is 0.0672. The molecule has 0 unspecified atom stereocenters. The lowest BCUT2D eigenvalue weighted by atomic mass is 9.69. The van der Waals surface area contributed by atoms with Gasteiger partial charge in [-0.05, 0) is 81.8 Å². The SMILES string of the molecule is C[C@@H]1CCCCN1c1cc(N2CCCCCC2)nc(NC(=S)NCC2(c3ccc(Cl)cc3)CCCCC2)n1. The fourth-order valence-electron chi connectivity index (χ4n) is 6.52. The Morgan fingerprint density at radius 3 is 2.29 bits per heavy atom. The van der Waals surface area contributed by atoms with Crippen molar-refractivity contribution in [1.29, 1.82) is 0 Å². The molecule has 38 heavy (non-hydrogen) atoms. The number of rotatable bonds is 6. The molecule has 2 saturated heterocycles. The molecule has 1 saturated carbocycles. The lowest BCUT2D eigenvalue weighted by molar-refractivity contribution is 0.292. The number of halogens is 1. The molecule has 2 aliphatic heterocycles. The number of thiocarbonyl (C=S) groups is 1. The van der Waals surface area contributed by atoms with Crippen LogP contribution < -0.4 is 20.4 Å². The third-order valence-electron chi connectivity index (χ3n) is 8.81. The number of nitrogens with one attached hydrogen (secondary N) is 2. The number of hydrogen-bond donors (Lipinski definition) is 2. The van der Waals surface area contributed by atoms with Gasteiger partial charge in [0, 0.05) is 48.7 Å². The molecule has 5 rings (SSSR count). The maximum Gasteiger partial charge on any atom is 0.232 e. The van der Waals surface area contributed by atoms with E-state index in [4.69, 9.17) is 33.8 Å². The van der Waals surface area contributed by atoms with Crippen LogP contribution in [0.2, 0.25) is 5.02 Å². The average Bonchev–Trinajstić information content (AvgIpc) is 3.23. The highest BCUT2D eigenvalue weighted by Crippen LogP contribution is 2.39. The molecule has 3 heterocycles. The van der Waals surface area contributed by atoms with Crippen LogP contribution in [0.4, 0.5) is 17.6 Å². The maximum absolute atomic E-state index is 6.20. The van der Waals surface area contributed by atoms with E-state index >= 15 is 0 Å². The summed E-state index contributed by atoms with van der Waals surface area (Å²) in [6, 6.07) is 11.1. The summed E-state index contributed by atoms with van der Waals surface area (Å²) in [5.41, 5.74) is 1.41. The summed E-state index contributed by atoms with van der Waals surface area (Å²) >= 11 is 12.0. The first-order chi connectivity index (χ1) is 18.5. The molecular weight excluding hydrogens is 512 g/mol. The van der Waals surface area contributed by atoms with E-state index in [0.717, 1.165) is 55.7 Å². The molecule has 1 aliphatic carbocycles. The monoisotopic (exact) mass is 554 g/mol. The fraction of sp³-hybridized carbons (Fsp3) is 0.633. The molecule has 0 amide bonds. The largest absolute Gasteiger partial charge is 0.361 e. The van der Waals surface area contributed by atoms with E-state index in [9.17, 15) is 0 Å². The maximum atomic E-state index is 6.20. The van der Waals surface area contributed by atoms with Gasteiger partial charge in [0.2, 0.25) is 5.95 Å². The summed E-state index contributed by atoms with van der Waals surface area (Å²) < 4.78 is 0. The number of aromatic nitrogens is 2. The predicted molar refractivity (Wildman–Crippen MR) is 164 cm³/mol. The summed E-state index contributed by atoms with van der Waals surface area (Å²) in [6.45, 7) is 6.26. The van der Waals surface area contributed by atoms with Crippen molar-refractivity contribution in [1.82, 2.24) is 15.3 Å². The third kappa shape index (κ3) is 6.71. The Labute approximate surface area is 238 Å². The highest BCUT2D eigenvalue weighted by molar-refractivity contribution is 7.80. The average molecular weight is 555 g/mol. The van der Waals surface area contributed by atoms with E-state index in [1.54, 1.807) is 0 Å². The molecule has 1 atom stereocenters. The highest BCUT2D eigenvalue weighted by Gasteiger charge is 2.34. The van der Waals surface area contributed by atoms with Gasteiger partial charge in [-0.15, -0.1) is 0 Å². The number of anilines is 3. The molecule has 6 nitrogen and oxygen atoms in total. The Balaban J connectivity index is 1.33. The standard InChI is InChI=1S/C30H43ClN6S/c1-23-11-5-10-20-37(23)27-21-26(36-18-8-2-3-9-19-36)33-28(34-27)35-29(38)32-22-30(16-6-4-7-17-30)24-12-14-25(31)15-13-24/h12-15,21,23H,2-11,16-20,22H2,1H3,(H2,32,33,34,35,38)/t23-/m1/s1. The fourth-order valence-corrected chi connectivity index (χ4v) is 6.81. The molecule has 3 aliphatic rings. The summed E-state index contributed by atoms with van der Waals surface area (Å²) in [4.78, 5) is 14.8. The Bertz CT molecular complexity index is 1060. The van der Waals surface area contributed by atoms with Gasteiger partial charge in [-0.3, -0.25) is 0 Å². The Morgan fingerprint density at radius 1 is 0.921 bits per heavy atom. The zero-order valence-corrected chi connectivity index (χ0v) is 24.4. The van der Waals surface area contributed by atoms with Crippen LogP contribution in [0.5, 0.6) is 0 Å². The molecule has 206 valence electrons. The first-order valence-corrected chi connectivity index (χ1v) is 15.5. The van der Waals surface area contributed by atoms with Gasteiger partial charge in [0.1, 0.15) is 11.6 Å². The number of nitrogens with zero attached hydrogens (tertiary/aromatic N) is 4. The molecule has 1 aromatic carbocycles. The summed E-state index contributed by atoms with van der Waals surface area (Å²) in [5, 5.41) is 8.30. The Hall–Kier alpha value is -2.12. The van der Waals surface area contributed by atoms with Crippen molar-refractivity contribution in [3.05, 3.63) is 40.9 Å². The molecule has 1 aromatic heterocycles. The van der Waals surface area contributed by atoms with Crippen molar-refractivity contribution in [2.24, 2.45) is 0 Å². The minimum Gasteiger partial charge on any atom is -0.361 e. The quantitative estimate of drug-likeness (QED) is 0.370. The summed E-state index contributed by atoms with van der Waals surface area (Å²) in [5.74, 6) is 2.63. The van der Waals surface area contributed by atoms with Crippen LogP contribution >= 0.6 is 23.8 Å². The molecule has 0 radical (unpaired) electrons. The van der Waals surface area contributed by atoms with Crippen LogP contribution in [-0.2, 0) is 5.41 Å². The summed E-state index contributed by atoms with van der Waals surface area (Å²) in [7, 11) is 0. The lowest BCUT2D eigenvalue weighted by Gasteiger charge is -2.38. The van der Waals surface area contributed by atoms with Crippen LogP contribution in [-0.4, -0.2) is 47.3 Å². The van der Waals surface area contributed by atoms with Gasteiger partial charge in [0.25, 0.3) is 0 Å². The van der Waals surface area contributed by atoms with E-state index in [1.165, 1.54) is 69.8 Å². The van der Waals surface area contributed by atoms with E-state index < -0.39 is 0 Å². The van der Waals surface area contributed by atoms with Crippen LogP contribution in [0, 0.1) is 0 Å². The first-order valence-electron chi connectivity index (χ1n) is 14.7. The second-order valence-electron chi connectivity index (χ2n) is 11.5. The smallest absolute Gasteiger partial charge is 0.232 e. The van der Waals surface area contributed by atoms with E-state index in [1.807, 2.05) is 12.1 Å². The van der Waals surface area contributed by atoms with Crippen molar-refractivity contribution in [3.63, 3.8) is 0 Å². The topological polar surface area (TPSA) is 56.3 Å². The predicted octanol–water partition coefficient (Wildman–Crippen LogP) is 7.08. The number of benzene rings is 1. The zero-order valence-electron chi connectivity index (χ0n) is 22.9. The molecule has 2 aromatic rings. The second kappa shape index (κ2) is 12.8. The van der Waals surface area contributed by atoms with Gasteiger partial charge in [-0.1, -0.05) is 55.8 Å². The van der Waals surface area contributed by atoms with Crippen LogP contribution in [0.3, 0.4) is 0 Å². The Morgan fingerprint density at radius 2 is 1.58 bits per heavy atom. The van der Waals surface area contributed by atoms with Crippen molar-refractivity contribution in [3.8, 4) is 0 Å². The van der Waals surface area contributed by atoms with Crippen molar-refractivity contribution in [2.45, 2.75) is 95.4 Å². The minimum absolute atomic E-state index is 0.0672. The normalized spacial score (nSPS) is 22.0. The van der Waals surface area contributed by atoms with Crippen LogP contribution in [0.15, 0.2) is 30.3 Å². The van der Waals surface area contributed by atoms with Gasteiger partial charge in [0.15, 0.2) is 5.11 Å². The van der Waals surface area contributed by atoms with E-state index in [0.29, 0.717) is 17.1 Å². The van der Waals surface area contributed by atoms with Gasteiger partial charge in [-0.25, -0.2) is 0 Å². The van der Waals surface area contributed by atoms with Crippen LogP contribution in [0.1, 0.15) is 89.5 Å². The molecule has 0 bridgehead atoms. The Kier molecular flexibility index (Phi) is 9.26. The molecule has 0 spiro atoms. The number of piperidine rings is 1. The van der Waals surface area contributed by atoms with Gasteiger partial charge < -0.3 is 20.4 Å². The molecule has 8 heteroatoms. The van der Waals surface area contributed by atoms with Gasteiger partial charge >= 0.3 is 0 Å². The molecular formula is C30H43ClN6S. The van der Waals surface area contributed by atoms with Gasteiger partial charge in [-0.2, -0.15) is 9.97 Å². The van der Waals surface area contributed by atoms with Crippen molar-refractivity contribution in [2.75, 3.05) is 41.3 Å². The van der Waals surface area contributed by atoms with Crippen LogP contribution in [0.25, 0.3) is 0 Å². The van der Waals surface area contributed by atoms with Gasteiger partial charge in [0.05, 0.1) is 0 Å². The molecule has 3 fully saturated rings. The van der Waals surface area contributed by atoms with E-state index in [-0.39, 0.29) is 5.41 Å².